The molecule has 0 aliphatic rings. The Hall–Kier alpha value is -0.400. The number of hydrogen-bond donors (Lipinski definition) is 0. The van der Waals surface area contributed by atoms with Crippen LogP contribution in [0.15, 0.2) is 12.2 Å². The third-order valence-electron chi connectivity index (χ3n) is 7.74. The summed E-state index contributed by atoms with van der Waals surface area (Å²) in [6.45, 7) is 4.29. The monoisotopic (exact) mass is 498 g/mol. The Kier molecular flexibility index (Phi) is 21.6. The van der Waals surface area contributed by atoms with E-state index in [0.29, 0.717) is 10.9 Å². The fraction of sp³-hybridized carbons (Fsp3) is 0.933. The van der Waals surface area contributed by atoms with Crippen molar-refractivity contribution in [3.05, 3.63) is 12.2 Å². The Morgan fingerprint density at radius 1 is 0.559 bits per heavy atom. The fourth-order valence-corrected chi connectivity index (χ4v) is 6.27. The molecule has 0 rings (SSSR count). The van der Waals surface area contributed by atoms with Crippen molar-refractivity contribution in [3.63, 3.8) is 0 Å². The van der Waals surface area contributed by atoms with Crippen molar-refractivity contribution in [2.75, 3.05) is 21.1 Å². The molecule has 0 aliphatic heterocycles. The minimum atomic E-state index is -2.44. The van der Waals surface area contributed by atoms with Crippen molar-refractivity contribution in [2.24, 2.45) is 0 Å². The zero-order valence-corrected chi connectivity index (χ0v) is 24.8. The predicted octanol–water partition coefficient (Wildman–Crippen LogP) is 10.7. The van der Waals surface area contributed by atoms with Crippen LogP contribution in [-0.4, -0.2) is 30.9 Å². The van der Waals surface area contributed by atoms with Gasteiger partial charge in [0.15, 0.2) is 0 Å². The van der Waals surface area contributed by atoms with Gasteiger partial charge >= 0.3 is 7.68 Å². The van der Waals surface area contributed by atoms with Crippen LogP contribution in [0, 0.1) is 0 Å². The van der Waals surface area contributed by atoms with Gasteiger partial charge in [0.2, 0.25) is 5.28 Å². The summed E-state index contributed by atoms with van der Waals surface area (Å²) < 4.78 is 24.4. The first kappa shape index (κ1) is 33.6. The van der Waals surface area contributed by atoms with Crippen molar-refractivity contribution in [1.29, 1.82) is 0 Å². The Bertz CT molecular complexity index is 542. The normalized spacial score (nSPS) is 14.0. The molecule has 3 nitrogen and oxygen atoms in total. The van der Waals surface area contributed by atoms with Gasteiger partial charge in [-0.15, -0.1) is 0 Å². The van der Waals surface area contributed by atoms with E-state index in [1.54, 1.807) is 0 Å². The molecule has 0 bridgehead atoms. The second-order valence-electron chi connectivity index (χ2n) is 11.4. The molecule has 1 unspecified atom stereocenters. The number of hydrogen-bond acceptors (Lipinski definition) is 2. The van der Waals surface area contributed by atoms with Gasteiger partial charge in [0, 0.05) is 12.8 Å². The van der Waals surface area contributed by atoms with Crippen LogP contribution >= 0.6 is 7.68 Å². The Morgan fingerprint density at radius 2 is 0.912 bits per heavy atom. The van der Waals surface area contributed by atoms with Crippen molar-refractivity contribution in [2.45, 2.75) is 160 Å². The average molecular weight is 499 g/mol. The van der Waals surface area contributed by atoms with Crippen LogP contribution < -0.4 is 0 Å². The predicted molar refractivity (Wildman–Crippen MR) is 151 cm³/mol. The first-order valence-electron chi connectivity index (χ1n) is 14.9. The number of nitrogens with zero attached hydrogens (tertiary/aromatic N) is 1. The molecule has 0 heterocycles. The molecule has 0 saturated carbocycles. The Balaban J connectivity index is 3.49. The second-order valence-corrected chi connectivity index (χ2v) is 12.8. The van der Waals surface area contributed by atoms with E-state index in [-0.39, 0.29) is 0 Å². The molecule has 0 aliphatic carbocycles. The highest BCUT2D eigenvalue weighted by Gasteiger charge is 2.46. The molecule has 0 aromatic heterocycles. The fourth-order valence-electron chi connectivity index (χ4n) is 5.18. The van der Waals surface area contributed by atoms with Gasteiger partial charge in [0.1, 0.15) is 0 Å². The zero-order chi connectivity index (χ0) is 25.5. The summed E-state index contributed by atoms with van der Waals surface area (Å²) in [4.78, 5) is 0. The molecule has 0 radical (unpaired) electrons. The Labute approximate surface area is 215 Å². The number of allylic oxidation sites excluding steroid dienone is 2. The van der Waals surface area contributed by atoms with Crippen LogP contribution in [0.3, 0.4) is 0 Å². The second kappa shape index (κ2) is 21.8. The smallest absolute Gasteiger partial charge is 0.314 e. The maximum absolute atomic E-state index is 12.0. The topological polar surface area (TPSA) is 34.1 Å². The molecule has 0 fully saturated rings. The highest BCUT2D eigenvalue weighted by atomic mass is 31.1. The molecule has 0 aromatic carbocycles. The largest absolute Gasteiger partial charge is 0.378 e. The summed E-state index contributed by atoms with van der Waals surface area (Å²) in [5, 5.41) is -0.628. The minimum absolute atomic E-state index is 0.491. The molecule has 0 amide bonds. The number of unbranched alkanes of at least 4 members (excludes halogenated alkanes) is 18. The lowest BCUT2D eigenvalue weighted by Gasteiger charge is -2.40. The molecule has 34 heavy (non-hydrogen) atoms. The quantitative estimate of drug-likeness (QED) is 0.0543. The van der Waals surface area contributed by atoms with Crippen LogP contribution in [0.2, 0.25) is 0 Å². The van der Waals surface area contributed by atoms with Crippen molar-refractivity contribution in [1.82, 2.24) is 0 Å². The van der Waals surface area contributed by atoms with Gasteiger partial charge in [-0.05, 0) is 25.7 Å². The van der Waals surface area contributed by atoms with Crippen molar-refractivity contribution >= 4 is 7.68 Å². The van der Waals surface area contributed by atoms with E-state index < -0.39 is 13.0 Å². The van der Waals surface area contributed by atoms with E-state index in [0.717, 1.165) is 19.3 Å². The van der Waals surface area contributed by atoms with Crippen molar-refractivity contribution < 1.29 is 13.6 Å². The van der Waals surface area contributed by atoms with E-state index in [2.05, 4.69) is 19.1 Å². The summed E-state index contributed by atoms with van der Waals surface area (Å²) in [7, 11) is 3.57. The van der Waals surface area contributed by atoms with Gasteiger partial charge in [0.05, 0.1) is 21.1 Å². The molecule has 0 aromatic rings. The summed E-state index contributed by atoms with van der Waals surface area (Å²) in [6, 6.07) is 0. The van der Waals surface area contributed by atoms with E-state index in [1.807, 2.05) is 28.1 Å². The third kappa shape index (κ3) is 16.3. The van der Waals surface area contributed by atoms with E-state index in [9.17, 15) is 9.13 Å². The van der Waals surface area contributed by atoms with Gasteiger partial charge in [-0.1, -0.05) is 129 Å². The molecule has 0 spiro atoms. The van der Waals surface area contributed by atoms with Crippen LogP contribution in [0.4, 0.5) is 0 Å². The van der Waals surface area contributed by atoms with E-state index in [4.69, 9.17) is 0 Å². The highest BCUT2D eigenvalue weighted by molar-refractivity contribution is 7.32. The van der Waals surface area contributed by atoms with Crippen LogP contribution in [-0.2, 0) is 9.13 Å². The molecular formula is C30H61NO2P+. The molecule has 1 atom stereocenters. The first-order chi connectivity index (χ1) is 16.3. The van der Waals surface area contributed by atoms with Gasteiger partial charge in [-0.2, -0.15) is 0 Å². The number of rotatable bonds is 25. The lowest BCUT2D eigenvalue weighted by atomic mass is 10.0. The highest BCUT2D eigenvalue weighted by Crippen LogP contribution is 2.42. The van der Waals surface area contributed by atoms with E-state index >= 15 is 0 Å². The molecular weight excluding hydrogens is 437 g/mol. The van der Waals surface area contributed by atoms with Gasteiger partial charge < -0.3 is 4.48 Å². The lowest BCUT2D eigenvalue weighted by molar-refractivity contribution is -0.908. The van der Waals surface area contributed by atoms with Gasteiger partial charge in [-0.25, -0.2) is 9.13 Å². The summed E-state index contributed by atoms with van der Waals surface area (Å²) in [5.74, 6) is 0. The number of quaternary nitrogens is 1. The average Bonchev–Trinajstić information content (AvgIpc) is 2.78. The van der Waals surface area contributed by atoms with Crippen LogP contribution in [0.25, 0.3) is 0 Å². The Morgan fingerprint density at radius 3 is 1.24 bits per heavy atom. The minimum Gasteiger partial charge on any atom is -0.314 e. The zero-order valence-electron chi connectivity index (χ0n) is 23.9. The standard InChI is InChI=1S/C30H61NO2P/c1-6-8-9-10-11-12-13-14-15-16-17-18-19-20-21-22-23-24-25-26-27-28-29-30(7-2,34(32)33)31(3,4)5/h25-26H,6-24,27-29H2,1-5H3/q+1. The first-order valence-corrected chi connectivity index (χ1v) is 16.1. The summed E-state index contributed by atoms with van der Waals surface area (Å²) in [5.41, 5.74) is 0. The maximum Gasteiger partial charge on any atom is 0.378 e. The summed E-state index contributed by atoms with van der Waals surface area (Å²) in [6.07, 6.45) is 33.2. The van der Waals surface area contributed by atoms with Crippen LogP contribution in [0.1, 0.15) is 155 Å². The molecule has 0 saturated heterocycles. The maximum atomic E-state index is 12.0. The lowest BCUT2D eigenvalue weighted by Crippen LogP contribution is -2.53. The molecule has 4 heteroatoms. The SMILES string of the molecule is CCCCCCCCCCCCCCCCCCCC=CCCCC(CC)(P(=O)=O)[N+](C)(C)C. The van der Waals surface area contributed by atoms with Gasteiger partial charge in [0.25, 0.3) is 0 Å². The molecule has 0 N–H and O–H groups in total. The summed E-state index contributed by atoms with van der Waals surface area (Å²) >= 11 is 0. The third-order valence-corrected chi connectivity index (χ3v) is 9.56. The van der Waals surface area contributed by atoms with Gasteiger partial charge in [-0.3, -0.25) is 0 Å². The molecule has 202 valence electrons. The van der Waals surface area contributed by atoms with Crippen LogP contribution in [0.5, 0.6) is 0 Å². The van der Waals surface area contributed by atoms with Crippen molar-refractivity contribution in [3.8, 4) is 0 Å². The van der Waals surface area contributed by atoms with E-state index in [1.165, 1.54) is 116 Å².